The predicted molar refractivity (Wildman–Crippen MR) is 130 cm³/mol. The van der Waals surface area contributed by atoms with Crippen LogP contribution in [-0.2, 0) is 4.79 Å². The topological polar surface area (TPSA) is 45.1 Å². The Balaban J connectivity index is 1.76. The number of ether oxygens (including phenoxy) is 1. The first-order chi connectivity index (χ1) is 15.0. The lowest BCUT2D eigenvalue weighted by molar-refractivity contribution is -0.113. The number of amides is 1. The first kappa shape index (κ1) is 20.9. The molecule has 156 valence electrons. The molecule has 4 rings (SSSR count). The summed E-state index contributed by atoms with van der Waals surface area (Å²) in [6.07, 6.45) is 1.82. The lowest BCUT2D eigenvalue weighted by Gasteiger charge is -2.18. The minimum absolute atomic E-state index is 0.162. The van der Waals surface area contributed by atoms with Crippen LogP contribution in [0.25, 0.3) is 6.08 Å². The summed E-state index contributed by atoms with van der Waals surface area (Å²) in [6, 6.07) is 23.2. The molecule has 0 fully saturated rings. The minimum Gasteiger partial charge on any atom is -0.497 e. The molecule has 5 nitrogen and oxygen atoms in total. The molecule has 3 aromatic carbocycles. The Bertz CT molecular complexity index is 1150. The average Bonchev–Trinajstić information content (AvgIpc) is 3.10. The zero-order chi connectivity index (χ0) is 22.0. The van der Waals surface area contributed by atoms with E-state index in [9.17, 15) is 4.79 Å². The quantitative estimate of drug-likeness (QED) is 0.466. The summed E-state index contributed by atoms with van der Waals surface area (Å²) in [6.45, 7) is 0. The van der Waals surface area contributed by atoms with Gasteiger partial charge in [0, 0.05) is 29.8 Å². The second-order valence-corrected chi connectivity index (χ2v) is 8.21. The van der Waals surface area contributed by atoms with E-state index in [0.29, 0.717) is 11.5 Å². The minimum atomic E-state index is -0.162. The van der Waals surface area contributed by atoms with Crippen molar-refractivity contribution in [1.82, 2.24) is 0 Å². The lowest BCUT2D eigenvalue weighted by Crippen LogP contribution is -2.32. The van der Waals surface area contributed by atoms with Crippen molar-refractivity contribution in [1.29, 1.82) is 0 Å². The maximum absolute atomic E-state index is 13.4. The van der Waals surface area contributed by atoms with Crippen LogP contribution in [0, 0.1) is 0 Å². The van der Waals surface area contributed by atoms with Crippen molar-refractivity contribution in [3.05, 3.63) is 94.1 Å². The fourth-order valence-electron chi connectivity index (χ4n) is 3.31. The van der Waals surface area contributed by atoms with Gasteiger partial charge in [-0.2, -0.15) is 0 Å². The van der Waals surface area contributed by atoms with Gasteiger partial charge in [0.15, 0.2) is 0 Å². The third kappa shape index (κ3) is 4.39. The first-order valence-corrected chi connectivity index (χ1v) is 10.6. The van der Waals surface area contributed by atoms with Crippen molar-refractivity contribution >= 4 is 45.1 Å². The fourth-order valence-corrected chi connectivity index (χ4v) is 3.57. The van der Waals surface area contributed by atoms with E-state index in [0.717, 1.165) is 32.7 Å². The molecule has 0 saturated heterocycles. The van der Waals surface area contributed by atoms with Crippen molar-refractivity contribution in [2.75, 3.05) is 31.0 Å². The molecule has 0 N–H and O–H groups in total. The number of hydrogen-bond donors (Lipinski definition) is 0. The number of halogens is 1. The maximum Gasteiger partial charge on any atom is 0.282 e. The van der Waals surface area contributed by atoms with Crippen molar-refractivity contribution in [3.8, 4) is 5.75 Å². The molecular formula is C25H22BrN3O2. The monoisotopic (exact) mass is 475 g/mol. The summed E-state index contributed by atoms with van der Waals surface area (Å²) in [5.41, 5.74) is 4.01. The van der Waals surface area contributed by atoms with Crippen molar-refractivity contribution in [2.45, 2.75) is 0 Å². The van der Waals surface area contributed by atoms with Gasteiger partial charge in [0.2, 0.25) is 0 Å². The van der Waals surface area contributed by atoms with E-state index >= 15 is 0 Å². The van der Waals surface area contributed by atoms with Crippen LogP contribution in [-0.4, -0.2) is 32.9 Å². The normalized spacial score (nSPS) is 14.7. The van der Waals surface area contributed by atoms with E-state index in [4.69, 9.17) is 9.73 Å². The molecule has 0 unspecified atom stereocenters. The molecule has 1 aliphatic heterocycles. The van der Waals surface area contributed by atoms with Gasteiger partial charge in [-0.05, 0) is 72.3 Å². The molecule has 0 aromatic heterocycles. The van der Waals surface area contributed by atoms with Gasteiger partial charge in [-0.3, -0.25) is 9.69 Å². The van der Waals surface area contributed by atoms with Crippen LogP contribution in [0.4, 0.5) is 11.4 Å². The number of carbonyl (C=O) groups is 1. The number of anilines is 2. The SMILES string of the molecule is COc1ccc(C2=N/C(=C/c3ccc(N(C)C)cc3)C(=O)N2c2ccc(Br)cc2)cc1. The number of benzene rings is 3. The van der Waals surface area contributed by atoms with Crippen LogP contribution in [0.5, 0.6) is 5.75 Å². The zero-order valence-electron chi connectivity index (χ0n) is 17.5. The van der Waals surface area contributed by atoms with Gasteiger partial charge >= 0.3 is 0 Å². The van der Waals surface area contributed by atoms with E-state index in [2.05, 4.69) is 15.9 Å². The molecule has 0 saturated carbocycles. The van der Waals surface area contributed by atoms with Crippen LogP contribution >= 0.6 is 15.9 Å². The Hall–Kier alpha value is -3.38. The highest BCUT2D eigenvalue weighted by Gasteiger charge is 2.32. The third-order valence-corrected chi connectivity index (χ3v) is 5.53. The fraction of sp³-hybridized carbons (Fsp3) is 0.120. The number of aliphatic imine (C=N–C) groups is 1. The van der Waals surface area contributed by atoms with E-state index in [-0.39, 0.29) is 5.91 Å². The van der Waals surface area contributed by atoms with E-state index in [1.807, 2.05) is 97.9 Å². The molecule has 6 heteroatoms. The second-order valence-electron chi connectivity index (χ2n) is 7.30. The largest absolute Gasteiger partial charge is 0.497 e. The molecule has 0 bridgehead atoms. The highest BCUT2D eigenvalue weighted by Crippen LogP contribution is 2.29. The van der Waals surface area contributed by atoms with Crippen molar-refractivity contribution in [2.24, 2.45) is 4.99 Å². The Labute approximate surface area is 190 Å². The summed E-state index contributed by atoms with van der Waals surface area (Å²) >= 11 is 3.45. The summed E-state index contributed by atoms with van der Waals surface area (Å²) in [7, 11) is 5.62. The third-order valence-electron chi connectivity index (χ3n) is 5.01. The van der Waals surface area contributed by atoms with Gasteiger partial charge in [0.1, 0.15) is 17.3 Å². The first-order valence-electron chi connectivity index (χ1n) is 9.78. The van der Waals surface area contributed by atoms with Gasteiger partial charge < -0.3 is 9.64 Å². The van der Waals surface area contributed by atoms with Crippen LogP contribution in [0.2, 0.25) is 0 Å². The van der Waals surface area contributed by atoms with Crippen LogP contribution in [0.15, 0.2) is 88.0 Å². The molecule has 31 heavy (non-hydrogen) atoms. The standard InChI is InChI=1S/C25H22BrN3O2/c1-28(2)20-10-4-17(5-11-20)16-23-25(30)29(21-12-8-19(26)9-13-21)24(27-23)18-6-14-22(31-3)15-7-18/h4-16H,1-3H3/b23-16+. The number of rotatable bonds is 5. The van der Waals surface area contributed by atoms with Crippen molar-refractivity contribution in [3.63, 3.8) is 0 Å². The van der Waals surface area contributed by atoms with E-state index < -0.39 is 0 Å². The Morgan fingerprint density at radius 1 is 0.935 bits per heavy atom. The van der Waals surface area contributed by atoms with E-state index in [1.54, 1.807) is 12.0 Å². The lowest BCUT2D eigenvalue weighted by atomic mass is 10.1. The average molecular weight is 476 g/mol. The predicted octanol–water partition coefficient (Wildman–Crippen LogP) is 5.36. The Morgan fingerprint density at radius 3 is 2.16 bits per heavy atom. The number of nitrogens with zero attached hydrogens (tertiary/aromatic N) is 3. The molecule has 0 atom stereocenters. The summed E-state index contributed by atoms with van der Waals surface area (Å²) in [4.78, 5) is 21.8. The van der Waals surface area contributed by atoms with Crippen LogP contribution < -0.4 is 14.5 Å². The maximum atomic E-state index is 13.4. The van der Waals surface area contributed by atoms with Crippen LogP contribution in [0.3, 0.4) is 0 Å². The summed E-state index contributed by atoms with van der Waals surface area (Å²) < 4.78 is 6.21. The number of hydrogen-bond acceptors (Lipinski definition) is 4. The van der Waals surface area contributed by atoms with E-state index in [1.165, 1.54) is 0 Å². The van der Waals surface area contributed by atoms with Crippen LogP contribution in [0.1, 0.15) is 11.1 Å². The van der Waals surface area contributed by atoms with Gasteiger partial charge in [-0.1, -0.05) is 28.1 Å². The summed E-state index contributed by atoms with van der Waals surface area (Å²) in [5, 5.41) is 0. The Kier molecular flexibility index (Phi) is 5.91. The zero-order valence-corrected chi connectivity index (χ0v) is 19.1. The van der Waals surface area contributed by atoms with Gasteiger partial charge in [0.05, 0.1) is 12.8 Å². The smallest absolute Gasteiger partial charge is 0.282 e. The Morgan fingerprint density at radius 2 is 1.58 bits per heavy atom. The molecule has 3 aromatic rings. The van der Waals surface area contributed by atoms with Crippen molar-refractivity contribution < 1.29 is 9.53 Å². The number of methoxy groups -OCH3 is 1. The molecule has 1 aliphatic rings. The molecule has 0 spiro atoms. The highest BCUT2D eigenvalue weighted by molar-refractivity contribution is 9.10. The second kappa shape index (κ2) is 8.78. The highest BCUT2D eigenvalue weighted by atomic mass is 79.9. The molecule has 0 radical (unpaired) electrons. The van der Waals surface area contributed by atoms with Gasteiger partial charge in [0.25, 0.3) is 5.91 Å². The molecule has 1 heterocycles. The molecule has 1 amide bonds. The molecular weight excluding hydrogens is 454 g/mol. The summed E-state index contributed by atoms with van der Waals surface area (Å²) in [5.74, 6) is 1.18. The van der Waals surface area contributed by atoms with Gasteiger partial charge in [-0.15, -0.1) is 0 Å². The van der Waals surface area contributed by atoms with Gasteiger partial charge in [-0.25, -0.2) is 4.99 Å². The number of carbonyl (C=O) groups excluding carboxylic acids is 1. The number of amidine groups is 1. The molecule has 0 aliphatic carbocycles.